The van der Waals surface area contributed by atoms with Gasteiger partial charge in [-0.25, -0.2) is 4.98 Å². The van der Waals surface area contributed by atoms with Gasteiger partial charge in [0.1, 0.15) is 0 Å². The van der Waals surface area contributed by atoms with Gasteiger partial charge in [-0.2, -0.15) is 0 Å². The molecular formula is C10H19Cl2N3S. The Morgan fingerprint density at radius 3 is 2.69 bits per heavy atom. The van der Waals surface area contributed by atoms with Gasteiger partial charge in [0.15, 0.2) is 5.13 Å². The standard InChI is InChI=1S/C10H17N3S.2ClH/c1-2-8-7-14-10(12-8)13-9-3-5-11-6-4-9;;/h7,9,11H,2-6H2,1H3,(H,12,13);2*1H. The average Bonchev–Trinajstić information content (AvgIpc) is 2.67. The summed E-state index contributed by atoms with van der Waals surface area (Å²) in [5.74, 6) is 0. The molecule has 0 atom stereocenters. The lowest BCUT2D eigenvalue weighted by Gasteiger charge is -2.23. The topological polar surface area (TPSA) is 37.0 Å². The lowest BCUT2D eigenvalue weighted by atomic mass is 10.1. The van der Waals surface area contributed by atoms with Crippen molar-refractivity contribution in [3.63, 3.8) is 0 Å². The molecule has 1 aromatic rings. The van der Waals surface area contributed by atoms with E-state index >= 15 is 0 Å². The highest BCUT2D eigenvalue weighted by Crippen LogP contribution is 2.18. The zero-order valence-corrected chi connectivity index (χ0v) is 11.8. The van der Waals surface area contributed by atoms with Gasteiger partial charge in [-0.1, -0.05) is 6.92 Å². The van der Waals surface area contributed by atoms with Crippen molar-refractivity contribution in [1.29, 1.82) is 0 Å². The Bertz CT molecular complexity index is 287. The summed E-state index contributed by atoms with van der Waals surface area (Å²) in [7, 11) is 0. The third kappa shape index (κ3) is 4.45. The zero-order valence-electron chi connectivity index (χ0n) is 9.36. The van der Waals surface area contributed by atoms with E-state index in [2.05, 4.69) is 27.9 Å². The molecule has 2 rings (SSSR count). The Hall–Kier alpha value is -0.0300. The fraction of sp³-hybridized carbons (Fsp3) is 0.700. The van der Waals surface area contributed by atoms with Gasteiger partial charge in [0.2, 0.25) is 0 Å². The number of rotatable bonds is 3. The number of anilines is 1. The van der Waals surface area contributed by atoms with Crippen LogP contribution in [0.25, 0.3) is 0 Å². The van der Waals surface area contributed by atoms with Gasteiger partial charge < -0.3 is 10.6 Å². The molecule has 0 aromatic carbocycles. The Labute approximate surface area is 113 Å². The lowest BCUT2D eigenvalue weighted by Crippen LogP contribution is -2.35. The van der Waals surface area contributed by atoms with E-state index in [1.165, 1.54) is 18.5 Å². The molecule has 3 nitrogen and oxygen atoms in total. The fourth-order valence-electron chi connectivity index (χ4n) is 1.68. The van der Waals surface area contributed by atoms with Crippen LogP contribution in [-0.4, -0.2) is 24.1 Å². The SMILES string of the molecule is CCc1csc(NC2CCNCC2)n1.Cl.Cl. The number of piperidine rings is 1. The molecule has 1 aliphatic heterocycles. The van der Waals surface area contributed by atoms with Crippen molar-refractivity contribution >= 4 is 41.3 Å². The molecule has 1 fully saturated rings. The van der Waals surface area contributed by atoms with Crippen LogP contribution in [0.4, 0.5) is 5.13 Å². The Morgan fingerprint density at radius 1 is 1.44 bits per heavy atom. The van der Waals surface area contributed by atoms with E-state index in [-0.39, 0.29) is 24.8 Å². The van der Waals surface area contributed by atoms with Gasteiger partial charge >= 0.3 is 0 Å². The zero-order chi connectivity index (χ0) is 9.80. The fourth-order valence-corrected chi connectivity index (χ4v) is 2.55. The molecule has 0 aliphatic carbocycles. The summed E-state index contributed by atoms with van der Waals surface area (Å²) in [6, 6.07) is 0.618. The van der Waals surface area contributed by atoms with Crippen LogP contribution in [0, 0.1) is 0 Å². The third-order valence-electron chi connectivity index (χ3n) is 2.58. The van der Waals surface area contributed by atoms with Crippen molar-refractivity contribution in [1.82, 2.24) is 10.3 Å². The Kier molecular flexibility index (Phi) is 8.10. The van der Waals surface area contributed by atoms with Crippen molar-refractivity contribution in [2.75, 3.05) is 18.4 Å². The van der Waals surface area contributed by atoms with E-state index in [1.54, 1.807) is 11.3 Å². The number of aryl methyl sites for hydroxylation is 1. The molecule has 94 valence electrons. The van der Waals surface area contributed by atoms with Crippen molar-refractivity contribution in [2.45, 2.75) is 32.2 Å². The van der Waals surface area contributed by atoms with Gasteiger partial charge in [-0.3, -0.25) is 0 Å². The van der Waals surface area contributed by atoms with Crippen molar-refractivity contribution in [3.8, 4) is 0 Å². The second-order valence-corrected chi connectivity index (χ2v) is 4.52. The van der Waals surface area contributed by atoms with Crippen LogP contribution in [0.1, 0.15) is 25.5 Å². The summed E-state index contributed by atoms with van der Waals surface area (Å²) in [6.07, 6.45) is 3.45. The maximum Gasteiger partial charge on any atom is 0.183 e. The number of nitrogens with one attached hydrogen (secondary N) is 2. The van der Waals surface area contributed by atoms with E-state index in [0.717, 1.165) is 24.6 Å². The first-order valence-electron chi connectivity index (χ1n) is 5.30. The molecular weight excluding hydrogens is 265 g/mol. The number of halogens is 2. The highest BCUT2D eigenvalue weighted by atomic mass is 35.5. The van der Waals surface area contributed by atoms with E-state index in [0.29, 0.717) is 6.04 Å². The summed E-state index contributed by atoms with van der Waals surface area (Å²) in [4.78, 5) is 4.51. The number of nitrogens with zero attached hydrogens (tertiary/aromatic N) is 1. The number of thiazole rings is 1. The number of aromatic nitrogens is 1. The highest BCUT2D eigenvalue weighted by molar-refractivity contribution is 7.13. The maximum atomic E-state index is 4.51. The minimum Gasteiger partial charge on any atom is -0.359 e. The average molecular weight is 284 g/mol. The molecule has 0 bridgehead atoms. The monoisotopic (exact) mass is 283 g/mol. The van der Waals surface area contributed by atoms with Crippen LogP contribution in [0.3, 0.4) is 0 Å². The van der Waals surface area contributed by atoms with E-state index < -0.39 is 0 Å². The van der Waals surface area contributed by atoms with Crippen LogP contribution >= 0.6 is 36.2 Å². The summed E-state index contributed by atoms with van der Waals surface area (Å²) in [5, 5.41) is 10.1. The van der Waals surface area contributed by atoms with Crippen LogP contribution in [0.15, 0.2) is 5.38 Å². The molecule has 2 heterocycles. The lowest BCUT2D eigenvalue weighted by molar-refractivity contribution is 0.479. The minimum absolute atomic E-state index is 0. The minimum atomic E-state index is 0. The van der Waals surface area contributed by atoms with Crippen LogP contribution in [-0.2, 0) is 6.42 Å². The predicted molar refractivity (Wildman–Crippen MR) is 75.5 cm³/mol. The Balaban J connectivity index is 0.00000112. The maximum absolute atomic E-state index is 4.51. The van der Waals surface area contributed by atoms with Gasteiger partial charge in [0.25, 0.3) is 0 Å². The van der Waals surface area contributed by atoms with Crippen LogP contribution in [0.2, 0.25) is 0 Å². The number of hydrogen-bond donors (Lipinski definition) is 2. The van der Waals surface area contributed by atoms with E-state index in [1.807, 2.05) is 0 Å². The molecule has 1 aromatic heterocycles. The molecule has 1 saturated heterocycles. The van der Waals surface area contributed by atoms with Gasteiger partial charge in [0.05, 0.1) is 5.69 Å². The van der Waals surface area contributed by atoms with Gasteiger partial charge in [-0.05, 0) is 32.4 Å². The van der Waals surface area contributed by atoms with Crippen molar-refractivity contribution in [3.05, 3.63) is 11.1 Å². The quantitative estimate of drug-likeness (QED) is 0.896. The molecule has 0 saturated carbocycles. The molecule has 6 heteroatoms. The summed E-state index contributed by atoms with van der Waals surface area (Å²) in [6.45, 7) is 4.40. The first-order valence-corrected chi connectivity index (χ1v) is 6.18. The Morgan fingerprint density at radius 2 is 2.12 bits per heavy atom. The molecule has 0 radical (unpaired) electrons. The first kappa shape index (κ1) is 16.0. The van der Waals surface area contributed by atoms with E-state index in [4.69, 9.17) is 0 Å². The molecule has 16 heavy (non-hydrogen) atoms. The summed E-state index contributed by atoms with van der Waals surface area (Å²) < 4.78 is 0. The molecule has 2 N–H and O–H groups in total. The van der Waals surface area contributed by atoms with Crippen LogP contribution < -0.4 is 10.6 Å². The predicted octanol–water partition coefficient (Wildman–Crippen LogP) is 2.71. The van der Waals surface area contributed by atoms with Gasteiger partial charge in [-0.15, -0.1) is 36.2 Å². The molecule has 0 spiro atoms. The first-order chi connectivity index (χ1) is 6.88. The second kappa shape index (κ2) is 8.12. The molecule has 0 amide bonds. The van der Waals surface area contributed by atoms with Gasteiger partial charge in [0, 0.05) is 11.4 Å². The van der Waals surface area contributed by atoms with E-state index in [9.17, 15) is 0 Å². The highest BCUT2D eigenvalue weighted by Gasteiger charge is 2.13. The summed E-state index contributed by atoms with van der Waals surface area (Å²) in [5.41, 5.74) is 1.20. The van der Waals surface area contributed by atoms with Crippen LogP contribution in [0.5, 0.6) is 0 Å². The summed E-state index contributed by atoms with van der Waals surface area (Å²) >= 11 is 1.73. The molecule has 1 aliphatic rings. The number of hydrogen-bond acceptors (Lipinski definition) is 4. The third-order valence-corrected chi connectivity index (χ3v) is 3.40. The molecule has 0 unspecified atom stereocenters. The second-order valence-electron chi connectivity index (χ2n) is 3.67. The largest absolute Gasteiger partial charge is 0.359 e. The normalized spacial score (nSPS) is 16.1. The smallest absolute Gasteiger partial charge is 0.183 e. The van der Waals surface area contributed by atoms with Crippen molar-refractivity contribution in [2.24, 2.45) is 0 Å². The van der Waals surface area contributed by atoms with Crippen molar-refractivity contribution < 1.29 is 0 Å².